The minimum atomic E-state index is -4.92. The molecule has 0 aromatic carbocycles. The second-order valence-corrected chi connectivity index (χ2v) is 3.23. The smallest absolute Gasteiger partial charge is 0.876 e. The molecule has 0 amide bonds. The molecule has 124 valence electrons. The summed E-state index contributed by atoms with van der Waals surface area (Å²) in [5, 5.41) is 19.8. The van der Waals surface area contributed by atoms with E-state index >= 15 is 0 Å². The maximum Gasteiger partial charge on any atom is 2.00 e. The summed E-state index contributed by atoms with van der Waals surface area (Å²) in [7, 11) is 0. The van der Waals surface area contributed by atoms with E-state index < -0.39 is 35.4 Å². The Kier molecular flexibility index (Phi) is 13.9. The van der Waals surface area contributed by atoms with E-state index in [9.17, 15) is 46.1 Å². The van der Waals surface area contributed by atoms with Gasteiger partial charge in [0, 0.05) is 0 Å². The molecule has 0 aliphatic heterocycles. The van der Waals surface area contributed by atoms with Crippen LogP contribution in [0.25, 0.3) is 0 Å². The normalized spacial score (nSPS) is 12.2. The van der Waals surface area contributed by atoms with Gasteiger partial charge in [0.2, 0.25) is 0 Å². The van der Waals surface area contributed by atoms with E-state index in [-0.39, 0.29) is 27.7 Å². The Hall–Kier alpha value is -1.87. The molecule has 0 radical (unpaired) electrons. The van der Waals surface area contributed by atoms with Crippen LogP contribution in [-0.4, -0.2) is 39.5 Å². The number of allylic oxidation sites excluding steroid dienone is 4. The van der Waals surface area contributed by atoms with Crippen molar-refractivity contribution in [3.63, 3.8) is 0 Å². The average Bonchev–Trinajstić information content (AvgIpc) is 2.13. The van der Waals surface area contributed by atoms with Crippen molar-refractivity contribution < 1.29 is 51.6 Å². The summed E-state index contributed by atoms with van der Waals surface area (Å²) in [5.41, 5.74) is 0. The molecule has 0 saturated carbocycles. The molecule has 0 unspecified atom stereocenters. The molecule has 0 bridgehead atoms. The number of halogens is 6. The van der Waals surface area contributed by atoms with Gasteiger partial charge in [0.25, 0.3) is 11.6 Å². The molecule has 5 nitrogen and oxygen atoms in total. The van der Waals surface area contributed by atoms with Gasteiger partial charge in [-0.25, -0.2) is 0 Å². The molecule has 0 heterocycles. The summed E-state index contributed by atoms with van der Waals surface area (Å²) in [6.07, 6.45) is -9.82. The molecular formula is C10H10BeF6O5. The van der Waals surface area contributed by atoms with Crippen LogP contribution in [0.1, 0.15) is 13.8 Å². The quantitative estimate of drug-likeness (QED) is 0.295. The summed E-state index contributed by atoms with van der Waals surface area (Å²) >= 11 is 0. The van der Waals surface area contributed by atoms with Crippen molar-refractivity contribution in [2.75, 3.05) is 0 Å². The van der Waals surface area contributed by atoms with E-state index in [1.165, 1.54) is 0 Å². The van der Waals surface area contributed by atoms with Crippen LogP contribution in [0.5, 0.6) is 0 Å². The van der Waals surface area contributed by atoms with Crippen molar-refractivity contribution in [2.24, 2.45) is 0 Å². The summed E-state index contributed by atoms with van der Waals surface area (Å²) in [4.78, 5) is 19.7. The van der Waals surface area contributed by atoms with Crippen LogP contribution in [-0.2, 0) is 9.59 Å². The Morgan fingerprint density at radius 1 is 0.773 bits per heavy atom. The van der Waals surface area contributed by atoms with E-state index in [1.807, 2.05) is 0 Å². The standard InChI is InChI=1S/2C5H5F3O2.Be.H2O/c2*1-3(9)2-4(10)5(6,7)8;;/h2*2,9H,1H3;;1H2/q;;+2;/p-2/b2*3-2+;;. The van der Waals surface area contributed by atoms with Gasteiger partial charge in [0.15, 0.2) is 0 Å². The van der Waals surface area contributed by atoms with Crippen molar-refractivity contribution in [1.82, 2.24) is 0 Å². The number of hydrogen-bond donors (Lipinski definition) is 0. The van der Waals surface area contributed by atoms with Gasteiger partial charge in [-0.15, -0.1) is 11.5 Å². The molecule has 0 atom stereocenters. The Morgan fingerprint density at radius 3 is 1.00 bits per heavy atom. The van der Waals surface area contributed by atoms with Gasteiger partial charge in [0.05, 0.1) is 0 Å². The van der Waals surface area contributed by atoms with Crippen molar-refractivity contribution >= 4 is 21.7 Å². The fraction of sp³-hybridized carbons (Fsp3) is 0.400. The van der Waals surface area contributed by atoms with Gasteiger partial charge in [-0.1, -0.05) is 13.8 Å². The van der Waals surface area contributed by atoms with Crippen LogP contribution in [0, 0.1) is 0 Å². The van der Waals surface area contributed by atoms with Crippen LogP contribution in [0.3, 0.4) is 0 Å². The molecule has 0 fully saturated rings. The molecule has 2 N–H and O–H groups in total. The molecule has 0 rings (SSSR count). The predicted molar refractivity (Wildman–Crippen MR) is 59.0 cm³/mol. The van der Waals surface area contributed by atoms with Crippen LogP contribution >= 0.6 is 0 Å². The van der Waals surface area contributed by atoms with Crippen molar-refractivity contribution in [1.29, 1.82) is 0 Å². The Labute approximate surface area is 124 Å². The van der Waals surface area contributed by atoms with Gasteiger partial charge >= 0.3 is 22.5 Å². The van der Waals surface area contributed by atoms with Gasteiger partial charge in [-0.2, -0.15) is 26.3 Å². The molecule has 0 saturated heterocycles. The van der Waals surface area contributed by atoms with E-state index in [0.29, 0.717) is 0 Å². The fourth-order valence-electron chi connectivity index (χ4n) is 0.533. The summed E-state index contributed by atoms with van der Waals surface area (Å²) < 4.78 is 67.7. The zero-order valence-corrected chi connectivity index (χ0v) is 11.3. The van der Waals surface area contributed by atoms with Crippen molar-refractivity contribution in [3.8, 4) is 0 Å². The van der Waals surface area contributed by atoms with E-state index in [2.05, 4.69) is 0 Å². The molecule has 0 aromatic heterocycles. The first-order chi connectivity index (χ1) is 8.67. The third-order valence-electron chi connectivity index (χ3n) is 1.23. The summed E-state index contributed by atoms with van der Waals surface area (Å²) in [5.74, 6) is -6.02. The number of carbonyl (C=O) groups is 2. The van der Waals surface area contributed by atoms with Crippen LogP contribution < -0.4 is 10.2 Å². The molecule has 0 aliphatic rings. The maximum atomic E-state index is 11.3. The number of carbonyl (C=O) groups excluding carboxylic acids is 2. The summed E-state index contributed by atoms with van der Waals surface area (Å²) in [6, 6.07) is 0. The number of rotatable bonds is 2. The second-order valence-electron chi connectivity index (χ2n) is 3.23. The molecule has 0 spiro atoms. The zero-order valence-electron chi connectivity index (χ0n) is 11.3. The van der Waals surface area contributed by atoms with Crippen LogP contribution in [0.4, 0.5) is 26.3 Å². The van der Waals surface area contributed by atoms with Gasteiger partial charge in [-0.05, 0) is 12.2 Å². The third kappa shape index (κ3) is 16.2. The minimum Gasteiger partial charge on any atom is -0.876 e. The van der Waals surface area contributed by atoms with Crippen LogP contribution in [0.15, 0.2) is 23.7 Å². The largest absolute Gasteiger partial charge is 2.00 e. The molecule has 0 aliphatic carbocycles. The maximum absolute atomic E-state index is 11.3. The van der Waals surface area contributed by atoms with E-state index in [0.717, 1.165) is 13.8 Å². The minimum absolute atomic E-state index is 0. The SMILES string of the molecule is C/C([O-])=C\C(=O)C(F)(F)F.C/C([O-])=C\C(=O)C(F)(F)F.O.[Be+2]. The van der Waals surface area contributed by atoms with Gasteiger partial charge < -0.3 is 15.7 Å². The third-order valence-corrected chi connectivity index (χ3v) is 1.23. The van der Waals surface area contributed by atoms with Crippen molar-refractivity contribution in [3.05, 3.63) is 23.7 Å². The first kappa shape index (κ1) is 28.3. The Bertz CT molecular complexity index is 377. The molecule has 22 heavy (non-hydrogen) atoms. The zero-order chi connectivity index (χ0) is 16.7. The first-order valence-corrected chi connectivity index (χ1v) is 4.61. The van der Waals surface area contributed by atoms with Crippen LogP contribution in [0.2, 0.25) is 0 Å². The number of ketones is 2. The van der Waals surface area contributed by atoms with Gasteiger partial charge in [-0.3, -0.25) is 9.59 Å². The molecule has 0 aromatic rings. The first-order valence-electron chi connectivity index (χ1n) is 4.61. The fourth-order valence-corrected chi connectivity index (χ4v) is 0.533. The topological polar surface area (TPSA) is 112 Å². The molecular weight excluding hydrogens is 323 g/mol. The second kappa shape index (κ2) is 10.8. The van der Waals surface area contributed by atoms with E-state index in [1.54, 1.807) is 0 Å². The molecule has 12 heteroatoms. The monoisotopic (exact) mass is 333 g/mol. The number of alkyl halides is 6. The summed E-state index contributed by atoms with van der Waals surface area (Å²) in [6.45, 7) is 1.76. The Balaban J connectivity index is -0.000000135. The van der Waals surface area contributed by atoms with E-state index in [4.69, 9.17) is 0 Å². The predicted octanol–water partition coefficient (Wildman–Crippen LogP) is -0.442. The average molecular weight is 333 g/mol. The van der Waals surface area contributed by atoms with Gasteiger partial charge in [0.1, 0.15) is 0 Å². The van der Waals surface area contributed by atoms with Crippen molar-refractivity contribution in [2.45, 2.75) is 26.2 Å². The number of hydrogen-bond acceptors (Lipinski definition) is 4. The Morgan fingerprint density at radius 2 is 0.955 bits per heavy atom.